The van der Waals surface area contributed by atoms with Crippen LogP contribution < -0.4 is 5.73 Å². The highest BCUT2D eigenvalue weighted by molar-refractivity contribution is 6.14. The lowest BCUT2D eigenvalue weighted by Gasteiger charge is -2.09. The summed E-state index contributed by atoms with van der Waals surface area (Å²) in [5.41, 5.74) is 3.28. The zero-order chi connectivity index (χ0) is 22.5. The van der Waals surface area contributed by atoms with Gasteiger partial charge in [-0.15, -0.1) is 0 Å². The number of rotatable bonds is 6. The second-order valence-electron chi connectivity index (χ2n) is 5.89. The molecule has 30 heavy (non-hydrogen) atoms. The van der Waals surface area contributed by atoms with Crippen LogP contribution in [0.15, 0.2) is 52.7 Å². The lowest BCUT2D eigenvalue weighted by molar-refractivity contribution is -0.138. The molecule has 1 aromatic carbocycles. The number of nitrogens with two attached hydrogens (primary N) is 1. The van der Waals surface area contributed by atoms with Crippen molar-refractivity contribution in [3.05, 3.63) is 70.3 Å². The Balaban J connectivity index is 2.31. The maximum Gasteiger partial charge on any atom is 0.416 e. The van der Waals surface area contributed by atoms with Gasteiger partial charge >= 0.3 is 18.1 Å². The largest absolute Gasteiger partial charge is 0.478 e. The molecule has 0 aliphatic carbocycles. The van der Waals surface area contributed by atoms with Crippen LogP contribution in [0, 0.1) is 5.82 Å². The summed E-state index contributed by atoms with van der Waals surface area (Å²) < 4.78 is 56.4. The fourth-order valence-electron chi connectivity index (χ4n) is 2.35. The second kappa shape index (κ2) is 9.16. The fourth-order valence-corrected chi connectivity index (χ4v) is 2.35. The van der Waals surface area contributed by atoms with Crippen molar-refractivity contribution in [1.29, 1.82) is 0 Å². The summed E-state index contributed by atoms with van der Waals surface area (Å²) in [6.07, 6.45) is -4.03. The van der Waals surface area contributed by atoms with E-state index in [1.807, 2.05) is 0 Å². The lowest BCUT2D eigenvalue weighted by atomic mass is 10.1. The van der Waals surface area contributed by atoms with Gasteiger partial charge in [-0.25, -0.2) is 24.0 Å². The molecule has 0 aliphatic heterocycles. The third kappa shape index (κ3) is 5.87. The summed E-state index contributed by atoms with van der Waals surface area (Å²) in [5, 5.41) is 9.15. The smallest absolute Gasteiger partial charge is 0.416 e. The van der Waals surface area contributed by atoms with Crippen molar-refractivity contribution < 1.29 is 37.0 Å². The fraction of sp³-hybridized carbons (Fsp3) is 0.158. The highest BCUT2D eigenvalue weighted by atomic mass is 19.4. The first kappa shape index (κ1) is 22.5. The molecule has 1 heterocycles. The van der Waals surface area contributed by atoms with Crippen molar-refractivity contribution in [2.24, 2.45) is 10.7 Å². The number of benzene rings is 1. The van der Waals surface area contributed by atoms with Gasteiger partial charge in [0.25, 0.3) is 0 Å². The van der Waals surface area contributed by atoms with Crippen LogP contribution in [0.4, 0.5) is 23.4 Å². The molecule has 11 heteroatoms. The summed E-state index contributed by atoms with van der Waals surface area (Å²) in [4.78, 5) is 30.5. The van der Waals surface area contributed by atoms with E-state index in [0.29, 0.717) is 6.07 Å². The first-order valence-electron chi connectivity index (χ1n) is 8.19. The number of halogens is 4. The number of esters is 1. The van der Waals surface area contributed by atoms with Gasteiger partial charge in [-0.2, -0.15) is 13.2 Å². The number of carbonyl (C=O) groups excluding carboxylic acids is 1. The van der Waals surface area contributed by atoms with Crippen molar-refractivity contribution in [3.63, 3.8) is 0 Å². The molecule has 158 valence electrons. The Bertz CT molecular complexity index is 1030. The van der Waals surface area contributed by atoms with E-state index in [-0.39, 0.29) is 23.5 Å². The maximum absolute atomic E-state index is 13.5. The highest BCUT2D eigenvalue weighted by Crippen LogP contribution is 2.31. The number of ether oxygens (including phenoxy) is 1. The van der Waals surface area contributed by atoms with Gasteiger partial charge in [0.1, 0.15) is 17.1 Å². The third-order valence-corrected chi connectivity index (χ3v) is 3.71. The van der Waals surface area contributed by atoms with Crippen molar-refractivity contribution in [1.82, 2.24) is 4.98 Å². The van der Waals surface area contributed by atoms with Gasteiger partial charge in [-0.3, -0.25) is 0 Å². The normalized spacial score (nSPS) is 12.6. The van der Waals surface area contributed by atoms with E-state index < -0.39 is 40.8 Å². The average molecular weight is 425 g/mol. The topological polar surface area (TPSA) is 115 Å². The number of carbonyl (C=O) groups is 2. The van der Waals surface area contributed by atoms with Gasteiger partial charge in [-0.05, 0) is 35.9 Å². The molecule has 0 spiro atoms. The average Bonchev–Trinajstić information content (AvgIpc) is 2.66. The zero-order valence-electron chi connectivity index (χ0n) is 15.4. The SMILES string of the molecule is COC(=O)C(N)=C(C=Nc1cccc(Cc2cc(F)cc(C(F)(F)F)c2)n1)C(=O)O. The summed E-state index contributed by atoms with van der Waals surface area (Å²) in [7, 11) is 1.02. The molecular weight excluding hydrogens is 410 g/mol. The number of alkyl halides is 3. The quantitative estimate of drug-likeness (QED) is 0.318. The number of hydrogen-bond acceptors (Lipinski definition) is 6. The van der Waals surface area contributed by atoms with E-state index in [1.165, 1.54) is 18.2 Å². The van der Waals surface area contributed by atoms with E-state index >= 15 is 0 Å². The lowest BCUT2D eigenvalue weighted by Crippen LogP contribution is -2.20. The molecule has 2 aromatic rings. The number of methoxy groups -OCH3 is 1. The van der Waals surface area contributed by atoms with E-state index in [2.05, 4.69) is 14.7 Å². The number of nitrogens with zero attached hydrogens (tertiary/aromatic N) is 2. The van der Waals surface area contributed by atoms with Crippen molar-refractivity contribution in [2.45, 2.75) is 12.6 Å². The molecule has 1 aromatic heterocycles. The van der Waals surface area contributed by atoms with Gasteiger partial charge in [0.2, 0.25) is 0 Å². The molecule has 0 atom stereocenters. The van der Waals surface area contributed by atoms with Gasteiger partial charge in [0.15, 0.2) is 5.82 Å². The van der Waals surface area contributed by atoms with E-state index in [0.717, 1.165) is 25.5 Å². The van der Waals surface area contributed by atoms with Crippen LogP contribution in [0.25, 0.3) is 0 Å². The molecule has 0 amide bonds. The summed E-state index contributed by atoms with van der Waals surface area (Å²) >= 11 is 0. The number of hydrogen-bond donors (Lipinski definition) is 2. The van der Waals surface area contributed by atoms with Crippen LogP contribution in [0.5, 0.6) is 0 Å². The molecule has 3 N–H and O–H groups in total. The van der Waals surface area contributed by atoms with Crippen LogP contribution >= 0.6 is 0 Å². The molecular formula is C19H15F4N3O4. The van der Waals surface area contributed by atoms with Crippen LogP contribution in [0.3, 0.4) is 0 Å². The first-order chi connectivity index (χ1) is 14.0. The Morgan fingerprint density at radius 3 is 2.57 bits per heavy atom. The Labute approximate surface area is 167 Å². The predicted molar refractivity (Wildman–Crippen MR) is 97.5 cm³/mol. The number of aromatic nitrogens is 1. The van der Waals surface area contributed by atoms with Gasteiger partial charge in [-0.1, -0.05) is 6.07 Å². The van der Waals surface area contributed by atoms with Crippen LogP contribution in [0.2, 0.25) is 0 Å². The van der Waals surface area contributed by atoms with Crippen molar-refractivity contribution in [3.8, 4) is 0 Å². The number of pyridine rings is 1. The first-order valence-corrected chi connectivity index (χ1v) is 8.19. The summed E-state index contributed by atoms with van der Waals surface area (Å²) in [6.45, 7) is 0. The molecule has 0 bridgehead atoms. The number of aliphatic imine (C=N–C) groups is 1. The van der Waals surface area contributed by atoms with E-state index in [4.69, 9.17) is 10.8 Å². The van der Waals surface area contributed by atoms with Crippen molar-refractivity contribution >= 4 is 24.0 Å². The Morgan fingerprint density at radius 1 is 1.27 bits per heavy atom. The number of aliphatic carboxylic acids is 1. The van der Waals surface area contributed by atoms with Crippen LogP contribution in [-0.4, -0.2) is 35.4 Å². The molecule has 0 aliphatic rings. The molecule has 0 saturated carbocycles. The highest BCUT2D eigenvalue weighted by Gasteiger charge is 2.31. The molecule has 0 unspecified atom stereocenters. The molecule has 7 nitrogen and oxygen atoms in total. The molecule has 0 radical (unpaired) electrons. The molecule has 2 rings (SSSR count). The summed E-state index contributed by atoms with van der Waals surface area (Å²) in [6, 6.07) is 6.50. The molecule has 0 fully saturated rings. The predicted octanol–water partition coefficient (Wildman–Crippen LogP) is 3.00. The van der Waals surface area contributed by atoms with E-state index in [1.54, 1.807) is 0 Å². The van der Waals surface area contributed by atoms with Gasteiger partial charge in [0.05, 0.1) is 12.7 Å². The van der Waals surface area contributed by atoms with E-state index in [9.17, 15) is 27.2 Å². The van der Waals surface area contributed by atoms with Gasteiger partial charge in [0, 0.05) is 18.3 Å². The van der Waals surface area contributed by atoms with Crippen molar-refractivity contribution in [2.75, 3.05) is 7.11 Å². The minimum Gasteiger partial charge on any atom is -0.478 e. The molecule has 0 saturated heterocycles. The summed E-state index contributed by atoms with van der Waals surface area (Å²) in [5.74, 6) is -3.63. The van der Waals surface area contributed by atoms with Crippen LogP contribution in [-0.2, 0) is 26.9 Å². The minimum absolute atomic E-state index is 0.00337. The maximum atomic E-state index is 13.5. The van der Waals surface area contributed by atoms with Crippen LogP contribution in [0.1, 0.15) is 16.8 Å². The zero-order valence-corrected chi connectivity index (χ0v) is 15.4. The Morgan fingerprint density at radius 2 is 1.97 bits per heavy atom. The standard InChI is InChI=1S/C19H15F4N3O4/c1-30-18(29)16(24)14(17(27)28)9-25-15-4-2-3-13(26-15)7-10-5-11(19(21,22)23)8-12(20)6-10/h2-6,8-9H,7,24H2,1H3,(H,27,28). The number of carboxylic acids is 1. The third-order valence-electron chi connectivity index (χ3n) is 3.71. The Hall–Kier alpha value is -3.76. The minimum atomic E-state index is -4.70. The monoisotopic (exact) mass is 425 g/mol. The van der Waals surface area contributed by atoms with Gasteiger partial charge < -0.3 is 15.6 Å². The second-order valence-corrected chi connectivity index (χ2v) is 5.89. The number of carboxylic acid groups (broad SMARTS) is 1. The Kier molecular flexibility index (Phi) is 6.88.